The van der Waals surface area contributed by atoms with Crippen molar-refractivity contribution in [2.24, 2.45) is 5.92 Å². The minimum absolute atomic E-state index is 0.0847. The summed E-state index contributed by atoms with van der Waals surface area (Å²) in [6, 6.07) is 0. The Hall–Kier alpha value is -1.06. The summed E-state index contributed by atoms with van der Waals surface area (Å²) >= 11 is 0. The Balaban J connectivity index is 2.62. The number of carbonyl (C=O) groups excluding carboxylic acids is 1. The fourth-order valence-corrected chi connectivity index (χ4v) is 1.38. The van der Waals surface area contributed by atoms with Crippen LogP contribution in [0.4, 0.5) is 0 Å². The van der Waals surface area contributed by atoms with E-state index in [9.17, 15) is 9.59 Å². The quantitative estimate of drug-likeness (QED) is 0.558. The van der Waals surface area contributed by atoms with Gasteiger partial charge in [0.2, 0.25) is 0 Å². The third-order valence-corrected chi connectivity index (χ3v) is 2.25. The average Bonchev–Trinajstić information content (AvgIpc) is 2.65. The largest absolute Gasteiger partial charge is 0.479 e. The van der Waals surface area contributed by atoms with Crippen LogP contribution in [0.5, 0.6) is 0 Å². The smallest absolute Gasteiger partial charge is 0.329 e. The van der Waals surface area contributed by atoms with Gasteiger partial charge < -0.3 is 10.4 Å². The van der Waals surface area contributed by atoms with Crippen LogP contribution in [0.25, 0.3) is 0 Å². The van der Waals surface area contributed by atoms with Crippen molar-refractivity contribution in [2.45, 2.75) is 25.3 Å². The molecule has 1 radical (unpaired) electrons. The SMILES string of the molecule is CCC1CC1(N[C]=O)C(=O)O. The molecule has 2 unspecified atom stereocenters. The summed E-state index contributed by atoms with van der Waals surface area (Å²) in [4.78, 5) is 20.5. The summed E-state index contributed by atoms with van der Waals surface area (Å²) in [5, 5.41) is 10.9. The normalized spacial score (nSPS) is 34.5. The van der Waals surface area contributed by atoms with E-state index in [-0.39, 0.29) is 5.92 Å². The fourth-order valence-electron chi connectivity index (χ4n) is 1.38. The lowest BCUT2D eigenvalue weighted by molar-refractivity contribution is -0.140. The summed E-state index contributed by atoms with van der Waals surface area (Å²) < 4.78 is 0. The third-order valence-electron chi connectivity index (χ3n) is 2.25. The first kappa shape index (κ1) is 8.04. The summed E-state index contributed by atoms with van der Waals surface area (Å²) in [5.41, 5.74) is -0.990. The highest BCUT2D eigenvalue weighted by Crippen LogP contribution is 2.45. The van der Waals surface area contributed by atoms with Crippen molar-refractivity contribution >= 4 is 12.4 Å². The second-order valence-electron chi connectivity index (χ2n) is 2.81. The molecule has 1 aliphatic rings. The van der Waals surface area contributed by atoms with Crippen LogP contribution >= 0.6 is 0 Å². The van der Waals surface area contributed by atoms with E-state index in [1.807, 2.05) is 6.92 Å². The summed E-state index contributed by atoms with van der Waals surface area (Å²) in [6.45, 7) is 1.90. The molecule has 11 heavy (non-hydrogen) atoms. The molecule has 61 valence electrons. The van der Waals surface area contributed by atoms with Crippen molar-refractivity contribution in [3.05, 3.63) is 0 Å². The lowest BCUT2D eigenvalue weighted by Gasteiger charge is -2.08. The zero-order valence-corrected chi connectivity index (χ0v) is 6.26. The molecule has 1 amide bonds. The van der Waals surface area contributed by atoms with Crippen LogP contribution in [-0.4, -0.2) is 23.0 Å². The Kier molecular flexibility index (Phi) is 1.85. The van der Waals surface area contributed by atoms with E-state index in [4.69, 9.17) is 5.11 Å². The molecule has 1 rings (SSSR count). The number of hydrogen-bond donors (Lipinski definition) is 2. The average molecular weight is 156 g/mol. The van der Waals surface area contributed by atoms with Gasteiger partial charge in [-0.1, -0.05) is 13.3 Å². The van der Waals surface area contributed by atoms with E-state index < -0.39 is 11.5 Å². The van der Waals surface area contributed by atoms with E-state index in [1.54, 1.807) is 0 Å². The molecule has 1 fully saturated rings. The zero-order valence-electron chi connectivity index (χ0n) is 6.26. The summed E-state index contributed by atoms with van der Waals surface area (Å²) in [7, 11) is 0. The highest BCUT2D eigenvalue weighted by atomic mass is 16.4. The maximum absolute atomic E-state index is 10.6. The van der Waals surface area contributed by atoms with Crippen LogP contribution in [0.2, 0.25) is 0 Å². The second-order valence-corrected chi connectivity index (χ2v) is 2.81. The molecule has 2 N–H and O–H groups in total. The van der Waals surface area contributed by atoms with E-state index in [2.05, 4.69) is 5.32 Å². The molecule has 0 aromatic heterocycles. The van der Waals surface area contributed by atoms with Crippen LogP contribution in [0, 0.1) is 5.92 Å². The molecule has 1 saturated carbocycles. The van der Waals surface area contributed by atoms with Crippen LogP contribution in [0.1, 0.15) is 19.8 Å². The molecular weight excluding hydrogens is 146 g/mol. The maximum atomic E-state index is 10.6. The number of carbonyl (C=O) groups is 1. The fraction of sp³-hybridized carbons (Fsp3) is 0.714. The summed E-state index contributed by atoms with van der Waals surface area (Å²) in [6.07, 6.45) is 2.75. The molecule has 0 bridgehead atoms. The number of amides is 1. The first-order valence-corrected chi connectivity index (χ1v) is 3.55. The monoisotopic (exact) mass is 156 g/mol. The van der Waals surface area contributed by atoms with Gasteiger partial charge in [-0.3, -0.25) is 4.79 Å². The number of aliphatic carboxylic acids is 1. The van der Waals surface area contributed by atoms with Crippen molar-refractivity contribution in [3.63, 3.8) is 0 Å². The Morgan fingerprint density at radius 2 is 2.55 bits per heavy atom. The number of nitrogens with one attached hydrogen (secondary N) is 1. The van der Waals surface area contributed by atoms with Crippen molar-refractivity contribution in [3.8, 4) is 0 Å². The lowest BCUT2D eigenvalue weighted by atomic mass is 10.2. The van der Waals surface area contributed by atoms with Gasteiger partial charge in [-0.15, -0.1) is 0 Å². The third kappa shape index (κ3) is 1.08. The van der Waals surface area contributed by atoms with Gasteiger partial charge in [-0.05, 0) is 12.3 Å². The zero-order chi connectivity index (χ0) is 8.48. The van der Waals surface area contributed by atoms with Gasteiger partial charge in [0.25, 0.3) is 0 Å². The molecule has 1 aliphatic carbocycles. The van der Waals surface area contributed by atoms with Crippen LogP contribution in [0.3, 0.4) is 0 Å². The molecule has 0 aliphatic heterocycles. The minimum Gasteiger partial charge on any atom is -0.479 e. The summed E-state index contributed by atoms with van der Waals surface area (Å²) in [5.74, 6) is -0.867. The Morgan fingerprint density at radius 1 is 1.91 bits per heavy atom. The van der Waals surface area contributed by atoms with Gasteiger partial charge >= 0.3 is 12.4 Å². The maximum Gasteiger partial charge on any atom is 0.329 e. The standard InChI is InChI=1S/C7H10NO3/c1-2-5-3-7(5,6(10)11)8-4-9/h5H,2-3H2,1H3,(H,8,9)(H,10,11). The van der Waals surface area contributed by atoms with Crippen molar-refractivity contribution < 1.29 is 14.7 Å². The predicted octanol–water partition coefficient (Wildman–Crippen LogP) is -0.103. The van der Waals surface area contributed by atoms with Gasteiger partial charge in [0.15, 0.2) is 0 Å². The number of carboxylic acid groups (broad SMARTS) is 1. The van der Waals surface area contributed by atoms with Gasteiger partial charge in [-0.2, -0.15) is 0 Å². The first-order chi connectivity index (χ1) is 5.17. The Labute approximate surface area is 64.6 Å². The molecule has 0 aromatic carbocycles. The highest BCUT2D eigenvalue weighted by molar-refractivity contribution is 5.85. The van der Waals surface area contributed by atoms with E-state index in [0.29, 0.717) is 6.42 Å². The molecular formula is C7H10NO3. The molecule has 4 nitrogen and oxygen atoms in total. The van der Waals surface area contributed by atoms with Crippen LogP contribution in [-0.2, 0) is 9.59 Å². The Bertz CT molecular complexity index is 192. The van der Waals surface area contributed by atoms with Gasteiger partial charge in [0.05, 0.1) is 0 Å². The predicted molar refractivity (Wildman–Crippen MR) is 37.6 cm³/mol. The molecule has 0 heterocycles. The van der Waals surface area contributed by atoms with E-state index in [1.165, 1.54) is 6.41 Å². The minimum atomic E-state index is -0.990. The first-order valence-electron chi connectivity index (χ1n) is 3.55. The highest BCUT2D eigenvalue weighted by Gasteiger charge is 2.59. The van der Waals surface area contributed by atoms with E-state index >= 15 is 0 Å². The van der Waals surface area contributed by atoms with Crippen molar-refractivity contribution in [1.82, 2.24) is 5.32 Å². The number of carboxylic acids is 1. The molecule has 4 heteroatoms. The molecule has 0 spiro atoms. The van der Waals surface area contributed by atoms with Crippen molar-refractivity contribution in [2.75, 3.05) is 0 Å². The topological polar surface area (TPSA) is 66.4 Å². The lowest BCUT2D eigenvalue weighted by Crippen LogP contribution is -2.40. The molecule has 0 aromatic rings. The second kappa shape index (κ2) is 2.53. The molecule has 2 atom stereocenters. The molecule has 0 saturated heterocycles. The van der Waals surface area contributed by atoms with Crippen LogP contribution in [0.15, 0.2) is 0 Å². The van der Waals surface area contributed by atoms with Gasteiger partial charge in [-0.25, -0.2) is 4.79 Å². The van der Waals surface area contributed by atoms with Crippen molar-refractivity contribution in [1.29, 1.82) is 0 Å². The number of hydrogen-bond acceptors (Lipinski definition) is 2. The van der Waals surface area contributed by atoms with Gasteiger partial charge in [0, 0.05) is 0 Å². The van der Waals surface area contributed by atoms with E-state index in [0.717, 1.165) is 6.42 Å². The van der Waals surface area contributed by atoms with Gasteiger partial charge in [0.1, 0.15) is 5.54 Å². The Morgan fingerprint density at radius 3 is 2.82 bits per heavy atom. The number of rotatable bonds is 4. The van der Waals surface area contributed by atoms with Crippen LogP contribution < -0.4 is 5.32 Å².